The Hall–Kier alpha value is -1.74. The summed E-state index contributed by atoms with van der Waals surface area (Å²) in [6, 6.07) is 14.5. The van der Waals surface area contributed by atoms with Crippen LogP contribution in [0.15, 0.2) is 48.5 Å². The zero-order valence-electron chi connectivity index (χ0n) is 12.5. The van der Waals surface area contributed by atoms with Gasteiger partial charge in [0.2, 0.25) is 0 Å². The fourth-order valence-electron chi connectivity index (χ4n) is 2.21. The highest BCUT2D eigenvalue weighted by Crippen LogP contribution is 2.16. The largest absolute Gasteiger partial charge is 0.308 e. The molecule has 2 aromatic carbocycles. The van der Waals surface area contributed by atoms with Gasteiger partial charge in [0, 0.05) is 17.6 Å². The maximum atomic E-state index is 13.6. The van der Waals surface area contributed by atoms with Crippen molar-refractivity contribution >= 4 is 0 Å². The molecule has 0 aliphatic heterocycles. The van der Waals surface area contributed by atoms with Gasteiger partial charge in [0.25, 0.3) is 0 Å². The first kappa shape index (κ1) is 15.6. The van der Waals surface area contributed by atoms with Gasteiger partial charge >= 0.3 is 0 Å². The van der Waals surface area contributed by atoms with Crippen LogP contribution < -0.4 is 5.32 Å². The Labute approximate surface area is 125 Å². The number of hydrogen-bond donors (Lipinski definition) is 1. The van der Waals surface area contributed by atoms with Crippen LogP contribution in [0.2, 0.25) is 0 Å². The highest BCUT2D eigenvalue weighted by molar-refractivity contribution is 5.19. The molecule has 0 saturated heterocycles. The Morgan fingerprint density at radius 2 is 1.67 bits per heavy atom. The van der Waals surface area contributed by atoms with Crippen LogP contribution in [0.1, 0.15) is 31.4 Å². The number of nitrogens with one attached hydrogen (secondary N) is 1. The molecule has 0 aliphatic carbocycles. The van der Waals surface area contributed by atoms with Gasteiger partial charge in [0.15, 0.2) is 11.6 Å². The third-order valence-electron chi connectivity index (χ3n) is 3.67. The monoisotopic (exact) mass is 289 g/mol. The zero-order chi connectivity index (χ0) is 15.3. The van der Waals surface area contributed by atoms with Crippen molar-refractivity contribution in [1.29, 1.82) is 0 Å². The summed E-state index contributed by atoms with van der Waals surface area (Å²) in [6.45, 7) is 4.48. The van der Waals surface area contributed by atoms with Crippen LogP contribution >= 0.6 is 0 Å². The Kier molecular flexibility index (Phi) is 5.07. The Morgan fingerprint density at radius 1 is 0.952 bits per heavy atom. The minimum atomic E-state index is -0.795. The standard InChI is InChI=1S/C18H21F2N/c1-18(2,12-11-14-7-4-3-5-8-14)21-13-15-9-6-10-16(19)17(15)20/h3-10,21H,11-13H2,1-2H3. The molecule has 3 heteroatoms. The summed E-state index contributed by atoms with van der Waals surface area (Å²) in [5, 5.41) is 3.31. The van der Waals surface area contributed by atoms with Crippen LogP contribution in [0, 0.1) is 11.6 Å². The predicted molar refractivity (Wildman–Crippen MR) is 82.0 cm³/mol. The number of aryl methyl sites for hydroxylation is 1. The van der Waals surface area contributed by atoms with Gasteiger partial charge in [-0.3, -0.25) is 0 Å². The van der Waals surface area contributed by atoms with E-state index in [1.165, 1.54) is 11.6 Å². The number of halogens is 2. The summed E-state index contributed by atoms with van der Waals surface area (Å²) in [6.07, 6.45) is 1.88. The molecule has 0 unspecified atom stereocenters. The smallest absolute Gasteiger partial charge is 0.163 e. The van der Waals surface area contributed by atoms with Gasteiger partial charge in [-0.05, 0) is 38.3 Å². The Morgan fingerprint density at radius 3 is 2.38 bits per heavy atom. The average Bonchev–Trinajstić information content (AvgIpc) is 2.48. The molecule has 2 rings (SSSR count). The van der Waals surface area contributed by atoms with Crippen molar-refractivity contribution in [2.75, 3.05) is 0 Å². The second-order valence-corrected chi connectivity index (χ2v) is 5.94. The van der Waals surface area contributed by atoms with Gasteiger partial charge in [-0.2, -0.15) is 0 Å². The van der Waals surface area contributed by atoms with Crippen LogP contribution in [0.25, 0.3) is 0 Å². The molecule has 2 aromatic rings. The number of hydrogen-bond acceptors (Lipinski definition) is 1. The lowest BCUT2D eigenvalue weighted by molar-refractivity contribution is 0.355. The lowest BCUT2D eigenvalue weighted by Crippen LogP contribution is -2.39. The van der Waals surface area contributed by atoms with E-state index in [4.69, 9.17) is 0 Å². The number of benzene rings is 2. The zero-order valence-corrected chi connectivity index (χ0v) is 12.5. The molecule has 0 fully saturated rings. The molecule has 112 valence electrons. The molecule has 0 aromatic heterocycles. The van der Waals surface area contributed by atoms with E-state index in [1.54, 1.807) is 6.07 Å². The topological polar surface area (TPSA) is 12.0 Å². The summed E-state index contributed by atoms with van der Waals surface area (Å²) < 4.78 is 26.8. The molecule has 0 spiro atoms. The van der Waals surface area contributed by atoms with Crippen LogP contribution in [0.5, 0.6) is 0 Å². The normalized spacial score (nSPS) is 11.6. The molecular formula is C18H21F2N. The summed E-state index contributed by atoms with van der Waals surface area (Å²) in [4.78, 5) is 0. The molecule has 0 saturated carbocycles. The van der Waals surface area contributed by atoms with Crippen LogP contribution in [-0.4, -0.2) is 5.54 Å². The first-order valence-electron chi connectivity index (χ1n) is 7.20. The van der Waals surface area contributed by atoms with Crippen molar-refractivity contribution < 1.29 is 8.78 Å². The summed E-state index contributed by atoms with van der Waals surface area (Å²) >= 11 is 0. The molecular weight excluding hydrogens is 268 g/mol. The molecule has 0 radical (unpaired) electrons. The van der Waals surface area contributed by atoms with Gasteiger partial charge in [0.05, 0.1) is 0 Å². The molecule has 0 amide bonds. The maximum absolute atomic E-state index is 13.6. The van der Waals surface area contributed by atoms with Gasteiger partial charge in [-0.15, -0.1) is 0 Å². The maximum Gasteiger partial charge on any atom is 0.163 e. The molecule has 0 heterocycles. The highest BCUT2D eigenvalue weighted by atomic mass is 19.2. The molecule has 21 heavy (non-hydrogen) atoms. The van der Waals surface area contributed by atoms with Crippen LogP contribution in [0.4, 0.5) is 8.78 Å². The van der Waals surface area contributed by atoms with Crippen LogP contribution in [-0.2, 0) is 13.0 Å². The molecule has 1 nitrogen and oxygen atoms in total. The second-order valence-electron chi connectivity index (χ2n) is 5.94. The van der Waals surface area contributed by atoms with Gasteiger partial charge in [-0.25, -0.2) is 8.78 Å². The molecule has 0 atom stereocenters. The van der Waals surface area contributed by atoms with Crippen molar-refractivity contribution in [2.24, 2.45) is 0 Å². The Balaban J connectivity index is 1.90. The summed E-state index contributed by atoms with van der Waals surface area (Å²) in [7, 11) is 0. The van der Waals surface area contributed by atoms with Crippen molar-refractivity contribution in [1.82, 2.24) is 5.32 Å². The Bertz CT molecular complexity index is 579. The van der Waals surface area contributed by atoms with Crippen molar-refractivity contribution in [3.8, 4) is 0 Å². The van der Waals surface area contributed by atoms with E-state index >= 15 is 0 Å². The minimum Gasteiger partial charge on any atom is -0.308 e. The molecule has 1 N–H and O–H groups in total. The SMILES string of the molecule is CC(C)(CCc1ccccc1)NCc1cccc(F)c1F. The third kappa shape index (κ3) is 4.64. The number of rotatable bonds is 6. The minimum absolute atomic E-state index is 0.144. The predicted octanol–water partition coefficient (Wildman–Crippen LogP) is 4.47. The molecule has 0 aliphatic rings. The summed E-state index contributed by atoms with van der Waals surface area (Å²) in [5.74, 6) is -1.56. The van der Waals surface area contributed by atoms with E-state index in [-0.39, 0.29) is 5.54 Å². The first-order valence-corrected chi connectivity index (χ1v) is 7.20. The van der Waals surface area contributed by atoms with Gasteiger partial charge in [0.1, 0.15) is 0 Å². The lowest BCUT2D eigenvalue weighted by atomic mass is 9.95. The van der Waals surface area contributed by atoms with Gasteiger partial charge in [-0.1, -0.05) is 42.5 Å². The highest BCUT2D eigenvalue weighted by Gasteiger charge is 2.18. The lowest BCUT2D eigenvalue weighted by Gasteiger charge is -2.26. The van der Waals surface area contributed by atoms with Crippen molar-refractivity contribution in [3.05, 3.63) is 71.3 Å². The van der Waals surface area contributed by atoms with Crippen molar-refractivity contribution in [3.63, 3.8) is 0 Å². The third-order valence-corrected chi connectivity index (χ3v) is 3.67. The quantitative estimate of drug-likeness (QED) is 0.827. The van der Waals surface area contributed by atoms with E-state index in [2.05, 4.69) is 31.3 Å². The van der Waals surface area contributed by atoms with E-state index < -0.39 is 11.6 Å². The van der Waals surface area contributed by atoms with E-state index in [0.29, 0.717) is 12.1 Å². The molecule has 0 bridgehead atoms. The van der Waals surface area contributed by atoms with Crippen LogP contribution in [0.3, 0.4) is 0 Å². The fraction of sp³-hybridized carbons (Fsp3) is 0.333. The second kappa shape index (κ2) is 6.81. The van der Waals surface area contributed by atoms with E-state index in [0.717, 1.165) is 18.9 Å². The van der Waals surface area contributed by atoms with Crippen molar-refractivity contribution in [2.45, 2.75) is 38.8 Å². The first-order chi connectivity index (χ1) is 9.98. The van der Waals surface area contributed by atoms with Gasteiger partial charge < -0.3 is 5.32 Å². The fourth-order valence-corrected chi connectivity index (χ4v) is 2.21. The summed E-state index contributed by atoms with van der Waals surface area (Å²) in [5.41, 5.74) is 1.50. The van der Waals surface area contributed by atoms with E-state index in [9.17, 15) is 8.78 Å². The van der Waals surface area contributed by atoms with E-state index in [1.807, 2.05) is 18.2 Å². The average molecular weight is 289 g/mol.